The Morgan fingerprint density at radius 3 is 2.59 bits per heavy atom. The van der Waals surface area contributed by atoms with Gasteiger partial charge in [-0.2, -0.15) is 0 Å². The molecule has 0 bridgehead atoms. The van der Waals surface area contributed by atoms with Gasteiger partial charge >= 0.3 is 0 Å². The highest BCUT2D eigenvalue weighted by Gasteiger charge is 2.07. The lowest BCUT2D eigenvalue weighted by molar-refractivity contribution is 0.102. The number of aromatic nitrogens is 2. The first-order chi connectivity index (χ1) is 10.6. The SMILES string of the molecule is Cc1ncc(-c2ccc(NC(=O)c3cccc(F)c3)cc2)[nH]1. The number of benzene rings is 2. The van der Waals surface area contributed by atoms with Crippen LogP contribution in [0.3, 0.4) is 0 Å². The Labute approximate surface area is 127 Å². The second-order valence-corrected chi connectivity index (χ2v) is 4.92. The molecule has 22 heavy (non-hydrogen) atoms. The van der Waals surface area contributed by atoms with E-state index >= 15 is 0 Å². The highest BCUT2D eigenvalue weighted by Crippen LogP contribution is 2.20. The topological polar surface area (TPSA) is 57.8 Å². The number of anilines is 1. The molecule has 2 N–H and O–H groups in total. The lowest BCUT2D eigenvalue weighted by atomic mass is 10.1. The number of nitrogens with zero attached hydrogens (tertiary/aromatic N) is 1. The summed E-state index contributed by atoms with van der Waals surface area (Å²) in [4.78, 5) is 19.3. The van der Waals surface area contributed by atoms with Gasteiger partial charge in [-0.05, 0) is 42.8 Å². The predicted octanol–water partition coefficient (Wildman–Crippen LogP) is 3.78. The fourth-order valence-corrected chi connectivity index (χ4v) is 2.13. The number of H-pyrrole nitrogens is 1. The van der Waals surface area contributed by atoms with Crippen molar-refractivity contribution >= 4 is 11.6 Å². The van der Waals surface area contributed by atoms with Gasteiger partial charge in [0.15, 0.2) is 0 Å². The minimum absolute atomic E-state index is 0.285. The van der Waals surface area contributed by atoms with Gasteiger partial charge in [0.25, 0.3) is 5.91 Å². The second kappa shape index (κ2) is 5.81. The number of halogens is 1. The van der Waals surface area contributed by atoms with Crippen molar-refractivity contribution in [2.75, 3.05) is 5.32 Å². The van der Waals surface area contributed by atoms with Crippen LogP contribution in [0.25, 0.3) is 11.3 Å². The zero-order chi connectivity index (χ0) is 15.5. The zero-order valence-corrected chi connectivity index (χ0v) is 11.9. The minimum Gasteiger partial charge on any atom is -0.342 e. The number of rotatable bonds is 3. The standard InChI is InChI=1S/C17H14FN3O/c1-11-19-10-16(20-11)12-5-7-15(8-6-12)21-17(22)13-3-2-4-14(18)9-13/h2-10H,1H3,(H,19,20)(H,21,22). The number of imidazole rings is 1. The van der Waals surface area contributed by atoms with Gasteiger partial charge in [-0.25, -0.2) is 9.37 Å². The van der Waals surface area contributed by atoms with E-state index in [9.17, 15) is 9.18 Å². The van der Waals surface area contributed by atoms with Crippen LogP contribution >= 0.6 is 0 Å². The van der Waals surface area contributed by atoms with Crippen molar-refractivity contribution in [3.05, 3.63) is 71.9 Å². The van der Waals surface area contributed by atoms with Crippen LogP contribution in [-0.2, 0) is 0 Å². The molecule has 3 aromatic rings. The van der Waals surface area contributed by atoms with Crippen molar-refractivity contribution in [2.45, 2.75) is 6.92 Å². The molecule has 0 aliphatic rings. The molecule has 0 aliphatic carbocycles. The summed E-state index contributed by atoms with van der Waals surface area (Å²) >= 11 is 0. The summed E-state index contributed by atoms with van der Waals surface area (Å²) in [6, 6.07) is 12.9. The fourth-order valence-electron chi connectivity index (χ4n) is 2.13. The minimum atomic E-state index is -0.433. The maximum absolute atomic E-state index is 13.1. The normalized spacial score (nSPS) is 10.5. The van der Waals surface area contributed by atoms with Crippen molar-refractivity contribution < 1.29 is 9.18 Å². The Hall–Kier alpha value is -2.95. The molecule has 1 amide bonds. The first-order valence-electron chi connectivity index (χ1n) is 6.81. The summed E-state index contributed by atoms with van der Waals surface area (Å²) in [6.45, 7) is 1.89. The van der Waals surface area contributed by atoms with E-state index in [1.54, 1.807) is 24.4 Å². The quantitative estimate of drug-likeness (QED) is 0.772. The van der Waals surface area contributed by atoms with Crippen LogP contribution in [0.2, 0.25) is 0 Å². The van der Waals surface area contributed by atoms with E-state index in [0.717, 1.165) is 17.1 Å². The largest absolute Gasteiger partial charge is 0.342 e. The summed E-state index contributed by atoms with van der Waals surface area (Å²) in [5.74, 6) is 0.0701. The number of carbonyl (C=O) groups is 1. The Bertz CT molecular complexity index is 809. The van der Waals surface area contributed by atoms with Crippen molar-refractivity contribution in [1.29, 1.82) is 0 Å². The second-order valence-electron chi connectivity index (χ2n) is 4.92. The number of nitrogens with one attached hydrogen (secondary N) is 2. The summed E-state index contributed by atoms with van der Waals surface area (Å²) in [7, 11) is 0. The van der Waals surface area contributed by atoms with E-state index < -0.39 is 5.82 Å². The average Bonchev–Trinajstić information content (AvgIpc) is 2.94. The first kappa shape index (κ1) is 14.0. The zero-order valence-electron chi connectivity index (χ0n) is 11.9. The summed E-state index contributed by atoms with van der Waals surface area (Å²) in [5.41, 5.74) is 2.83. The van der Waals surface area contributed by atoms with Crippen molar-refractivity contribution in [1.82, 2.24) is 9.97 Å². The van der Waals surface area contributed by atoms with Gasteiger partial charge < -0.3 is 10.3 Å². The Morgan fingerprint density at radius 1 is 1.18 bits per heavy atom. The van der Waals surface area contributed by atoms with Crippen LogP contribution in [0.1, 0.15) is 16.2 Å². The third-order valence-corrected chi connectivity index (χ3v) is 3.24. The van der Waals surface area contributed by atoms with E-state index in [1.807, 2.05) is 19.1 Å². The molecule has 0 fully saturated rings. The van der Waals surface area contributed by atoms with E-state index in [4.69, 9.17) is 0 Å². The molecule has 0 radical (unpaired) electrons. The molecule has 0 unspecified atom stereocenters. The van der Waals surface area contributed by atoms with Crippen LogP contribution in [0, 0.1) is 12.7 Å². The van der Waals surface area contributed by atoms with Crippen molar-refractivity contribution in [3.8, 4) is 11.3 Å². The number of aryl methyl sites for hydroxylation is 1. The first-order valence-corrected chi connectivity index (χ1v) is 6.81. The van der Waals surface area contributed by atoms with Gasteiger partial charge in [0, 0.05) is 11.3 Å². The molecule has 3 rings (SSSR count). The number of carbonyl (C=O) groups excluding carboxylic acids is 1. The molecule has 0 spiro atoms. The molecule has 0 saturated heterocycles. The third kappa shape index (κ3) is 3.03. The van der Waals surface area contributed by atoms with Gasteiger partial charge in [0.2, 0.25) is 0 Å². The van der Waals surface area contributed by atoms with Crippen molar-refractivity contribution in [3.63, 3.8) is 0 Å². The monoisotopic (exact) mass is 295 g/mol. The molecule has 5 heteroatoms. The van der Waals surface area contributed by atoms with Crippen LogP contribution < -0.4 is 5.32 Å². The Balaban J connectivity index is 1.75. The molecule has 0 atom stereocenters. The van der Waals surface area contributed by atoms with E-state index in [-0.39, 0.29) is 11.5 Å². The number of aromatic amines is 1. The average molecular weight is 295 g/mol. The summed E-state index contributed by atoms with van der Waals surface area (Å²) in [6.07, 6.45) is 1.76. The van der Waals surface area contributed by atoms with E-state index in [1.165, 1.54) is 18.2 Å². The van der Waals surface area contributed by atoms with Gasteiger partial charge in [-0.3, -0.25) is 4.79 Å². The fraction of sp³-hybridized carbons (Fsp3) is 0.0588. The highest BCUT2D eigenvalue weighted by molar-refractivity contribution is 6.04. The van der Waals surface area contributed by atoms with Crippen LogP contribution in [-0.4, -0.2) is 15.9 Å². The van der Waals surface area contributed by atoms with E-state index in [2.05, 4.69) is 15.3 Å². The molecular weight excluding hydrogens is 281 g/mol. The lowest BCUT2D eigenvalue weighted by Gasteiger charge is -2.06. The maximum atomic E-state index is 13.1. The Kier molecular flexibility index (Phi) is 3.70. The molecule has 4 nitrogen and oxygen atoms in total. The van der Waals surface area contributed by atoms with Crippen LogP contribution in [0.15, 0.2) is 54.7 Å². The van der Waals surface area contributed by atoms with E-state index in [0.29, 0.717) is 5.69 Å². The third-order valence-electron chi connectivity index (χ3n) is 3.24. The molecule has 0 aliphatic heterocycles. The molecular formula is C17H14FN3O. The Morgan fingerprint density at radius 2 is 1.95 bits per heavy atom. The number of amides is 1. The maximum Gasteiger partial charge on any atom is 0.255 e. The molecule has 110 valence electrons. The smallest absolute Gasteiger partial charge is 0.255 e. The van der Waals surface area contributed by atoms with Gasteiger partial charge in [0.05, 0.1) is 11.9 Å². The van der Waals surface area contributed by atoms with Crippen LogP contribution in [0.4, 0.5) is 10.1 Å². The lowest BCUT2D eigenvalue weighted by Crippen LogP contribution is -2.11. The highest BCUT2D eigenvalue weighted by atomic mass is 19.1. The van der Waals surface area contributed by atoms with Gasteiger partial charge in [-0.15, -0.1) is 0 Å². The summed E-state index contributed by atoms with van der Waals surface area (Å²) in [5, 5.41) is 2.74. The van der Waals surface area contributed by atoms with Crippen LogP contribution in [0.5, 0.6) is 0 Å². The molecule has 1 heterocycles. The van der Waals surface area contributed by atoms with Gasteiger partial charge in [-0.1, -0.05) is 18.2 Å². The van der Waals surface area contributed by atoms with Crippen molar-refractivity contribution in [2.24, 2.45) is 0 Å². The molecule has 2 aromatic carbocycles. The predicted molar refractivity (Wildman–Crippen MR) is 83.1 cm³/mol. The molecule has 0 saturated carbocycles. The van der Waals surface area contributed by atoms with Gasteiger partial charge in [0.1, 0.15) is 11.6 Å². The number of hydrogen-bond donors (Lipinski definition) is 2. The summed E-state index contributed by atoms with van der Waals surface area (Å²) < 4.78 is 13.1. The number of hydrogen-bond acceptors (Lipinski definition) is 2. The molecule has 1 aromatic heterocycles.